The molecule has 1 heterocycles. The van der Waals surface area contributed by atoms with E-state index in [-0.39, 0.29) is 0 Å². The molecule has 0 radical (unpaired) electrons. The number of rotatable bonds is 3. The molecular formula is C13H18N2OS. The van der Waals surface area contributed by atoms with Gasteiger partial charge < -0.3 is 15.4 Å². The second-order valence-corrected chi connectivity index (χ2v) is 4.95. The molecule has 0 spiro atoms. The van der Waals surface area contributed by atoms with Crippen molar-refractivity contribution >= 4 is 17.2 Å². The van der Waals surface area contributed by atoms with Crippen LogP contribution in [-0.4, -0.2) is 36.1 Å². The lowest BCUT2D eigenvalue weighted by Crippen LogP contribution is -2.35. The molecule has 2 N–H and O–H groups in total. The monoisotopic (exact) mass is 250 g/mol. The Bertz CT molecular complexity index is 383. The fourth-order valence-corrected chi connectivity index (χ4v) is 2.13. The topological polar surface area (TPSA) is 38.5 Å². The fourth-order valence-electron chi connectivity index (χ4n) is 1.99. The Morgan fingerprint density at radius 1 is 1.29 bits per heavy atom. The van der Waals surface area contributed by atoms with Gasteiger partial charge in [-0.3, -0.25) is 0 Å². The predicted molar refractivity (Wildman–Crippen MR) is 73.5 cm³/mol. The minimum atomic E-state index is 0.335. The maximum atomic E-state index is 5.93. The van der Waals surface area contributed by atoms with Crippen molar-refractivity contribution in [3.63, 3.8) is 0 Å². The normalized spacial score (nSPS) is 17.9. The highest BCUT2D eigenvalue weighted by atomic mass is 32.1. The van der Waals surface area contributed by atoms with Crippen molar-refractivity contribution in [1.82, 2.24) is 4.90 Å². The highest BCUT2D eigenvalue weighted by Crippen LogP contribution is 2.19. The average molecular weight is 250 g/mol. The first-order valence-electron chi connectivity index (χ1n) is 5.90. The molecular weight excluding hydrogens is 232 g/mol. The van der Waals surface area contributed by atoms with E-state index in [0.717, 1.165) is 37.2 Å². The van der Waals surface area contributed by atoms with Crippen LogP contribution in [0, 0.1) is 0 Å². The Morgan fingerprint density at radius 2 is 1.88 bits per heavy atom. The van der Waals surface area contributed by atoms with Gasteiger partial charge in [-0.15, -0.1) is 0 Å². The Kier molecular flexibility index (Phi) is 3.97. The van der Waals surface area contributed by atoms with Gasteiger partial charge in [0.2, 0.25) is 0 Å². The lowest BCUT2D eigenvalue weighted by Gasteiger charge is -2.29. The zero-order valence-corrected chi connectivity index (χ0v) is 10.9. The number of hydrogen-bond donors (Lipinski definition) is 1. The van der Waals surface area contributed by atoms with E-state index < -0.39 is 0 Å². The first-order chi connectivity index (χ1) is 8.15. The zero-order valence-electron chi connectivity index (χ0n) is 10.1. The molecule has 0 amide bonds. The molecule has 92 valence electrons. The summed E-state index contributed by atoms with van der Waals surface area (Å²) in [6.45, 7) is 2.21. The molecule has 0 atom stereocenters. The van der Waals surface area contributed by atoms with E-state index in [1.807, 2.05) is 24.3 Å². The molecule has 17 heavy (non-hydrogen) atoms. The van der Waals surface area contributed by atoms with Gasteiger partial charge in [0.25, 0.3) is 0 Å². The van der Waals surface area contributed by atoms with Crippen LogP contribution in [0.4, 0.5) is 0 Å². The number of piperidine rings is 1. The minimum absolute atomic E-state index is 0.335. The summed E-state index contributed by atoms with van der Waals surface area (Å²) in [6.07, 6.45) is 2.52. The van der Waals surface area contributed by atoms with E-state index in [1.54, 1.807) is 0 Å². The molecule has 1 aromatic rings. The minimum Gasteiger partial charge on any atom is -0.490 e. The van der Waals surface area contributed by atoms with Gasteiger partial charge in [0, 0.05) is 18.7 Å². The number of benzene rings is 1. The Hall–Kier alpha value is -1.13. The maximum Gasteiger partial charge on any atom is 0.119 e. The number of hydrogen-bond acceptors (Lipinski definition) is 3. The molecule has 4 heteroatoms. The lowest BCUT2D eigenvalue weighted by atomic mass is 10.1. The highest BCUT2D eigenvalue weighted by Gasteiger charge is 2.17. The van der Waals surface area contributed by atoms with Gasteiger partial charge in [-0.05, 0) is 44.2 Å². The Morgan fingerprint density at radius 3 is 2.41 bits per heavy atom. The molecule has 0 aromatic heterocycles. The molecule has 3 nitrogen and oxygen atoms in total. The van der Waals surface area contributed by atoms with E-state index in [9.17, 15) is 0 Å². The van der Waals surface area contributed by atoms with E-state index in [2.05, 4.69) is 11.9 Å². The molecule has 1 saturated heterocycles. The summed E-state index contributed by atoms with van der Waals surface area (Å²) in [7, 11) is 2.15. The largest absolute Gasteiger partial charge is 0.490 e. The summed E-state index contributed by atoms with van der Waals surface area (Å²) in [6, 6.07) is 7.69. The van der Waals surface area contributed by atoms with Crippen molar-refractivity contribution in [2.45, 2.75) is 18.9 Å². The van der Waals surface area contributed by atoms with Crippen molar-refractivity contribution in [2.24, 2.45) is 5.73 Å². The Labute approximate surface area is 108 Å². The number of ether oxygens (including phenoxy) is 1. The average Bonchev–Trinajstić information content (AvgIpc) is 2.33. The molecule has 0 unspecified atom stereocenters. The first-order valence-corrected chi connectivity index (χ1v) is 6.31. The smallest absolute Gasteiger partial charge is 0.119 e. The van der Waals surface area contributed by atoms with Crippen LogP contribution < -0.4 is 10.5 Å². The number of thiocarbonyl (C=S) groups is 1. The van der Waals surface area contributed by atoms with Gasteiger partial charge in [0.15, 0.2) is 0 Å². The number of nitrogens with zero attached hydrogens (tertiary/aromatic N) is 1. The molecule has 1 aliphatic rings. The third kappa shape index (κ3) is 3.41. The summed E-state index contributed by atoms with van der Waals surface area (Å²) < 4.78 is 5.93. The van der Waals surface area contributed by atoms with Crippen molar-refractivity contribution in [3.05, 3.63) is 29.8 Å². The summed E-state index contributed by atoms with van der Waals surface area (Å²) >= 11 is 4.91. The quantitative estimate of drug-likeness (QED) is 0.830. The molecule has 1 aliphatic heterocycles. The van der Waals surface area contributed by atoms with E-state index in [0.29, 0.717) is 11.1 Å². The van der Waals surface area contributed by atoms with Crippen molar-refractivity contribution in [3.8, 4) is 5.75 Å². The molecule has 2 rings (SSSR count). The zero-order chi connectivity index (χ0) is 12.3. The van der Waals surface area contributed by atoms with Crippen LogP contribution in [0.5, 0.6) is 5.75 Å². The summed E-state index contributed by atoms with van der Waals surface area (Å²) in [4.78, 5) is 2.76. The molecule has 0 aliphatic carbocycles. The molecule has 1 aromatic carbocycles. The van der Waals surface area contributed by atoms with Gasteiger partial charge in [-0.25, -0.2) is 0 Å². The van der Waals surface area contributed by atoms with Crippen LogP contribution in [0.1, 0.15) is 18.4 Å². The van der Waals surface area contributed by atoms with E-state index >= 15 is 0 Å². The highest BCUT2D eigenvalue weighted by molar-refractivity contribution is 7.80. The Balaban J connectivity index is 1.92. The van der Waals surface area contributed by atoms with Crippen LogP contribution >= 0.6 is 12.2 Å². The first kappa shape index (κ1) is 12.3. The van der Waals surface area contributed by atoms with Crippen molar-refractivity contribution in [2.75, 3.05) is 20.1 Å². The molecule has 0 saturated carbocycles. The van der Waals surface area contributed by atoms with Crippen molar-refractivity contribution < 1.29 is 4.74 Å². The van der Waals surface area contributed by atoms with Gasteiger partial charge >= 0.3 is 0 Å². The van der Waals surface area contributed by atoms with E-state index in [1.165, 1.54) is 0 Å². The van der Waals surface area contributed by atoms with Gasteiger partial charge in [-0.1, -0.05) is 12.2 Å². The van der Waals surface area contributed by atoms with Gasteiger partial charge in [-0.2, -0.15) is 0 Å². The van der Waals surface area contributed by atoms with E-state index in [4.69, 9.17) is 22.7 Å². The number of likely N-dealkylation sites (tertiary alicyclic amines) is 1. The van der Waals surface area contributed by atoms with Crippen LogP contribution in [0.2, 0.25) is 0 Å². The summed E-state index contributed by atoms with van der Waals surface area (Å²) in [5.74, 6) is 0.902. The summed E-state index contributed by atoms with van der Waals surface area (Å²) in [5.41, 5.74) is 6.43. The molecule has 0 bridgehead atoms. The SMILES string of the molecule is CN1CCC(Oc2ccc(C(N)=S)cc2)CC1. The third-order valence-corrected chi connectivity index (χ3v) is 3.34. The standard InChI is InChI=1S/C13H18N2OS/c1-15-8-6-12(7-9-15)16-11-4-2-10(3-5-11)13(14)17/h2-5,12H,6-9H2,1H3,(H2,14,17). The fraction of sp³-hybridized carbons (Fsp3) is 0.462. The van der Waals surface area contributed by atoms with Crippen LogP contribution in [0.3, 0.4) is 0 Å². The third-order valence-electron chi connectivity index (χ3n) is 3.11. The predicted octanol–water partition coefficient (Wildman–Crippen LogP) is 1.79. The van der Waals surface area contributed by atoms with Gasteiger partial charge in [0.1, 0.15) is 16.8 Å². The molecule has 1 fully saturated rings. The van der Waals surface area contributed by atoms with Crippen molar-refractivity contribution in [1.29, 1.82) is 0 Å². The van der Waals surface area contributed by atoms with Crippen LogP contribution in [0.15, 0.2) is 24.3 Å². The van der Waals surface area contributed by atoms with Crippen LogP contribution in [-0.2, 0) is 0 Å². The van der Waals surface area contributed by atoms with Crippen LogP contribution in [0.25, 0.3) is 0 Å². The number of nitrogens with two attached hydrogens (primary N) is 1. The maximum absolute atomic E-state index is 5.93. The second-order valence-electron chi connectivity index (χ2n) is 4.51. The second kappa shape index (κ2) is 5.47. The van der Waals surface area contributed by atoms with Gasteiger partial charge in [0.05, 0.1) is 0 Å². The lowest BCUT2D eigenvalue weighted by molar-refractivity contribution is 0.114. The summed E-state index contributed by atoms with van der Waals surface area (Å²) in [5, 5.41) is 0.